The molecule has 5 heteroatoms. The molecule has 1 atom stereocenters. The van der Waals surface area contributed by atoms with E-state index < -0.39 is 0 Å². The zero-order valence-electron chi connectivity index (χ0n) is 8.66. The van der Waals surface area contributed by atoms with Crippen LogP contribution in [0.5, 0.6) is 0 Å². The Kier molecular flexibility index (Phi) is 2.75. The Morgan fingerprint density at radius 1 is 1.73 bits per heavy atom. The highest BCUT2D eigenvalue weighted by Gasteiger charge is 2.30. The summed E-state index contributed by atoms with van der Waals surface area (Å²) in [5.74, 6) is 0. The van der Waals surface area contributed by atoms with Crippen LogP contribution in [-0.4, -0.2) is 21.8 Å². The standard InChI is InChI=1S/C10H14N2O2S/c1-10(4-2-6-14-10)7-12-5-3-8(13)11-9(12)15/h3,5H,2,4,6-7H2,1H3,(H,11,13,15). The first-order valence-electron chi connectivity index (χ1n) is 5.03. The highest BCUT2D eigenvalue weighted by molar-refractivity contribution is 7.71. The number of nitrogens with one attached hydrogen (secondary N) is 1. The molecule has 82 valence electrons. The van der Waals surface area contributed by atoms with Crippen LogP contribution in [0.3, 0.4) is 0 Å². The first-order valence-corrected chi connectivity index (χ1v) is 5.44. The maximum Gasteiger partial charge on any atom is 0.251 e. The summed E-state index contributed by atoms with van der Waals surface area (Å²) in [5.41, 5.74) is -0.301. The smallest absolute Gasteiger partial charge is 0.251 e. The van der Waals surface area contributed by atoms with Crippen LogP contribution in [0.2, 0.25) is 0 Å². The van der Waals surface area contributed by atoms with Gasteiger partial charge in [0.15, 0.2) is 4.77 Å². The van der Waals surface area contributed by atoms with Gasteiger partial charge in [0.05, 0.1) is 12.1 Å². The summed E-state index contributed by atoms with van der Waals surface area (Å²) in [5, 5.41) is 0. The molecule has 1 aromatic rings. The van der Waals surface area contributed by atoms with E-state index in [0.29, 0.717) is 11.3 Å². The summed E-state index contributed by atoms with van der Waals surface area (Å²) in [4.78, 5) is 13.6. The van der Waals surface area contributed by atoms with Gasteiger partial charge in [-0.05, 0) is 32.0 Å². The minimum absolute atomic E-state index is 0.142. The van der Waals surface area contributed by atoms with E-state index in [2.05, 4.69) is 11.9 Å². The van der Waals surface area contributed by atoms with Gasteiger partial charge in [0.2, 0.25) is 0 Å². The Balaban J connectivity index is 2.24. The average Bonchev–Trinajstić information content (AvgIpc) is 2.58. The maximum absolute atomic E-state index is 11.0. The fraction of sp³-hybridized carbons (Fsp3) is 0.600. The second-order valence-corrected chi connectivity index (χ2v) is 4.53. The van der Waals surface area contributed by atoms with Crippen molar-refractivity contribution in [2.75, 3.05) is 6.61 Å². The Morgan fingerprint density at radius 2 is 2.53 bits per heavy atom. The molecule has 1 saturated heterocycles. The molecule has 0 spiro atoms. The SMILES string of the molecule is CC1(Cn2ccc(=O)[nH]c2=S)CCCO1. The molecule has 0 radical (unpaired) electrons. The van der Waals surface area contributed by atoms with Crippen LogP contribution in [0, 0.1) is 4.77 Å². The van der Waals surface area contributed by atoms with Crippen LogP contribution in [0.4, 0.5) is 0 Å². The third-order valence-corrected chi connectivity index (χ3v) is 3.04. The number of hydrogen-bond acceptors (Lipinski definition) is 3. The van der Waals surface area contributed by atoms with Crippen molar-refractivity contribution in [1.29, 1.82) is 0 Å². The number of aromatic nitrogens is 2. The summed E-state index contributed by atoms with van der Waals surface area (Å²) in [6.45, 7) is 3.59. The molecule has 1 N–H and O–H groups in total. The molecule has 0 amide bonds. The van der Waals surface area contributed by atoms with Gasteiger partial charge in [-0.1, -0.05) is 0 Å². The van der Waals surface area contributed by atoms with Gasteiger partial charge in [-0.2, -0.15) is 0 Å². The summed E-state index contributed by atoms with van der Waals surface area (Å²) in [6, 6.07) is 1.48. The minimum atomic E-state index is -0.159. The van der Waals surface area contributed by atoms with Crippen molar-refractivity contribution in [1.82, 2.24) is 9.55 Å². The third-order valence-electron chi connectivity index (χ3n) is 2.70. The van der Waals surface area contributed by atoms with Crippen LogP contribution in [0.15, 0.2) is 17.1 Å². The number of nitrogens with zero attached hydrogens (tertiary/aromatic N) is 1. The first kappa shape index (κ1) is 10.6. The van der Waals surface area contributed by atoms with E-state index in [1.807, 2.05) is 4.57 Å². The topological polar surface area (TPSA) is 47.0 Å². The van der Waals surface area contributed by atoms with Gasteiger partial charge in [-0.25, -0.2) is 0 Å². The molecule has 1 aliphatic heterocycles. The van der Waals surface area contributed by atoms with Crippen molar-refractivity contribution < 1.29 is 4.74 Å². The third kappa shape index (κ3) is 2.35. The second-order valence-electron chi connectivity index (χ2n) is 4.14. The lowest BCUT2D eigenvalue weighted by molar-refractivity contribution is 0.00558. The summed E-state index contributed by atoms with van der Waals surface area (Å²) in [6.07, 6.45) is 3.84. The molecule has 0 saturated carbocycles. The molecule has 1 unspecified atom stereocenters. The maximum atomic E-state index is 11.0. The molecule has 4 nitrogen and oxygen atoms in total. The number of rotatable bonds is 2. The van der Waals surface area contributed by atoms with Crippen LogP contribution >= 0.6 is 12.2 Å². The molecule has 15 heavy (non-hydrogen) atoms. The molecule has 0 aliphatic carbocycles. The molecular formula is C10H14N2O2S. The largest absolute Gasteiger partial charge is 0.373 e. The highest BCUT2D eigenvalue weighted by Crippen LogP contribution is 2.26. The van der Waals surface area contributed by atoms with E-state index in [4.69, 9.17) is 17.0 Å². The van der Waals surface area contributed by atoms with Crippen molar-refractivity contribution in [2.45, 2.75) is 31.9 Å². The van der Waals surface area contributed by atoms with E-state index >= 15 is 0 Å². The molecule has 0 aromatic carbocycles. The monoisotopic (exact) mass is 226 g/mol. The molecule has 2 rings (SSSR count). The molecule has 1 aliphatic rings. The molecule has 1 fully saturated rings. The number of ether oxygens (including phenoxy) is 1. The predicted octanol–water partition coefficient (Wildman–Crippen LogP) is 1.47. The van der Waals surface area contributed by atoms with Crippen molar-refractivity contribution in [3.05, 3.63) is 27.4 Å². The van der Waals surface area contributed by atoms with Gasteiger partial charge < -0.3 is 9.30 Å². The second kappa shape index (κ2) is 3.90. The van der Waals surface area contributed by atoms with E-state index in [0.717, 1.165) is 19.4 Å². The number of aromatic amines is 1. The van der Waals surface area contributed by atoms with Crippen LogP contribution in [-0.2, 0) is 11.3 Å². The Morgan fingerprint density at radius 3 is 3.13 bits per heavy atom. The number of hydrogen-bond donors (Lipinski definition) is 1. The van der Waals surface area contributed by atoms with Gasteiger partial charge in [-0.15, -0.1) is 0 Å². The van der Waals surface area contributed by atoms with Crippen molar-refractivity contribution in [2.24, 2.45) is 0 Å². The lowest BCUT2D eigenvalue weighted by Crippen LogP contribution is -2.30. The minimum Gasteiger partial charge on any atom is -0.373 e. The first-order chi connectivity index (χ1) is 7.09. The van der Waals surface area contributed by atoms with E-state index in [1.165, 1.54) is 6.07 Å². The van der Waals surface area contributed by atoms with Crippen LogP contribution in [0.25, 0.3) is 0 Å². The molecular weight excluding hydrogens is 212 g/mol. The molecule has 1 aromatic heterocycles. The van der Waals surface area contributed by atoms with Gasteiger partial charge in [-0.3, -0.25) is 9.78 Å². The van der Waals surface area contributed by atoms with E-state index in [1.54, 1.807) is 6.20 Å². The van der Waals surface area contributed by atoms with E-state index in [-0.39, 0.29) is 11.2 Å². The quantitative estimate of drug-likeness (QED) is 0.777. The van der Waals surface area contributed by atoms with Crippen molar-refractivity contribution in [3.63, 3.8) is 0 Å². The highest BCUT2D eigenvalue weighted by atomic mass is 32.1. The summed E-state index contributed by atoms with van der Waals surface area (Å²) < 4.78 is 7.98. The Bertz CT molecular complexity index is 457. The lowest BCUT2D eigenvalue weighted by Gasteiger charge is -2.24. The molecule has 0 bridgehead atoms. The van der Waals surface area contributed by atoms with Gasteiger partial charge in [0, 0.05) is 18.9 Å². The zero-order chi connectivity index (χ0) is 10.9. The van der Waals surface area contributed by atoms with Gasteiger partial charge in [0.25, 0.3) is 5.56 Å². The van der Waals surface area contributed by atoms with Crippen molar-refractivity contribution in [3.8, 4) is 0 Å². The van der Waals surface area contributed by atoms with Gasteiger partial charge in [0.1, 0.15) is 0 Å². The number of H-pyrrole nitrogens is 1. The summed E-state index contributed by atoms with van der Waals surface area (Å²) in [7, 11) is 0. The summed E-state index contributed by atoms with van der Waals surface area (Å²) >= 11 is 5.08. The lowest BCUT2D eigenvalue weighted by atomic mass is 10.0. The normalized spacial score (nSPS) is 25.7. The van der Waals surface area contributed by atoms with Gasteiger partial charge >= 0.3 is 0 Å². The fourth-order valence-corrected chi connectivity index (χ4v) is 2.12. The Hall–Kier alpha value is -0.940. The predicted molar refractivity (Wildman–Crippen MR) is 59.5 cm³/mol. The van der Waals surface area contributed by atoms with E-state index in [9.17, 15) is 4.79 Å². The Labute approximate surface area is 92.9 Å². The van der Waals surface area contributed by atoms with Crippen LogP contribution < -0.4 is 5.56 Å². The average molecular weight is 226 g/mol. The van der Waals surface area contributed by atoms with Crippen LogP contribution in [0.1, 0.15) is 19.8 Å². The zero-order valence-corrected chi connectivity index (χ0v) is 9.47. The fourth-order valence-electron chi connectivity index (χ4n) is 1.89. The van der Waals surface area contributed by atoms with Crippen molar-refractivity contribution >= 4 is 12.2 Å². The molecule has 2 heterocycles.